The molecule has 2 N–H and O–H groups in total. The number of hydrogen-bond acceptors (Lipinski definition) is 7. The van der Waals surface area contributed by atoms with Crippen LogP contribution in [0.2, 0.25) is 0 Å². The van der Waals surface area contributed by atoms with Crippen LogP contribution in [0.3, 0.4) is 0 Å². The maximum absolute atomic E-state index is 12.1. The molecule has 0 saturated heterocycles. The Labute approximate surface area is 320 Å². The fourth-order valence-corrected chi connectivity index (χ4v) is 5.98. The van der Waals surface area contributed by atoms with Crippen molar-refractivity contribution in [2.24, 2.45) is 0 Å². The molecule has 8 heteroatoms. The summed E-state index contributed by atoms with van der Waals surface area (Å²) in [6, 6.07) is 0. The van der Waals surface area contributed by atoms with Gasteiger partial charge in [-0.1, -0.05) is 141 Å². The normalized spacial score (nSPS) is 11.8. The number of rotatable bonds is 38. The van der Waals surface area contributed by atoms with Gasteiger partial charge in [-0.3, -0.25) is 9.59 Å². The van der Waals surface area contributed by atoms with E-state index in [1.54, 1.807) is 0 Å². The van der Waals surface area contributed by atoms with Gasteiger partial charge in [0.1, 0.15) is 32.8 Å². The molecule has 0 aromatic carbocycles. The van der Waals surface area contributed by atoms with Gasteiger partial charge in [0.2, 0.25) is 0 Å². The van der Waals surface area contributed by atoms with Gasteiger partial charge in [-0.2, -0.15) is 0 Å². The first-order valence-corrected chi connectivity index (χ1v) is 21.6. The van der Waals surface area contributed by atoms with E-state index >= 15 is 0 Å². The van der Waals surface area contributed by atoms with Crippen molar-refractivity contribution < 1.29 is 39.0 Å². The Morgan fingerprint density at radius 1 is 0.500 bits per heavy atom. The van der Waals surface area contributed by atoms with Crippen molar-refractivity contribution in [2.75, 3.05) is 39.5 Å². The van der Waals surface area contributed by atoms with Crippen LogP contribution in [0.1, 0.15) is 201 Å². The van der Waals surface area contributed by atoms with Gasteiger partial charge < -0.3 is 29.4 Å². The number of nitrogens with one attached hydrogen (secondary N) is 1. The summed E-state index contributed by atoms with van der Waals surface area (Å²) >= 11 is 0. The number of unbranched alkanes of at least 4 members (excludes halogenated alkanes) is 22. The molecule has 0 aliphatic rings. The van der Waals surface area contributed by atoms with Crippen LogP contribution in [0.15, 0.2) is 24.3 Å². The van der Waals surface area contributed by atoms with E-state index in [-0.39, 0.29) is 18.5 Å². The van der Waals surface area contributed by atoms with Gasteiger partial charge in [0.25, 0.3) is 0 Å². The highest BCUT2D eigenvalue weighted by Crippen LogP contribution is 2.12. The second-order valence-corrected chi connectivity index (χ2v) is 14.3. The lowest BCUT2D eigenvalue weighted by Crippen LogP contribution is -3.13. The van der Waals surface area contributed by atoms with Gasteiger partial charge >= 0.3 is 11.9 Å². The molecule has 306 valence electrons. The van der Waals surface area contributed by atoms with Crippen LogP contribution < -0.4 is 10.0 Å². The van der Waals surface area contributed by atoms with Gasteiger partial charge in [-0.05, 0) is 71.1 Å². The number of quaternary nitrogens is 1. The molecular formula is C44H83NO7. The van der Waals surface area contributed by atoms with Crippen LogP contribution in [0.4, 0.5) is 0 Å². The average Bonchev–Trinajstić information content (AvgIpc) is 3.11. The largest absolute Gasteiger partial charge is 0.550 e. The monoisotopic (exact) mass is 738 g/mol. The number of carbonyl (C=O) groups is 3. The fraction of sp³-hybridized carbons (Fsp3) is 0.841. The van der Waals surface area contributed by atoms with Gasteiger partial charge in [0, 0.05) is 18.8 Å². The van der Waals surface area contributed by atoms with Crippen LogP contribution in [0.25, 0.3) is 0 Å². The lowest BCUT2D eigenvalue weighted by atomic mass is 10.1. The summed E-state index contributed by atoms with van der Waals surface area (Å²) in [7, 11) is 0. The van der Waals surface area contributed by atoms with Gasteiger partial charge in [0.15, 0.2) is 0 Å². The third-order valence-corrected chi connectivity index (χ3v) is 9.19. The highest BCUT2D eigenvalue weighted by Gasteiger charge is 2.12. The Balaban J connectivity index is 0. The lowest BCUT2D eigenvalue weighted by molar-refractivity contribution is -0.900. The van der Waals surface area contributed by atoms with E-state index in [4.69, 9.17) is 19.4 Å². The first-order valence-electron chi connectivity index (χ1n) is 21.6. The summed E-state index contributed by atoms with van der Waals surface area (Å²) in [6.07, 6.45) is 42.6. The number of carbonyl (C=O) groups excluding carboxylic acids is 3. The number of carboxylic acids is 1. The van der Waals surface area contributed by atoms with E-state index < -0.39 is 5.97 Å². The van der Waals surface area contributed by atoms with Gasteiger partial charge in [-0.25, -0.2) is 0 Å². The van der Waals surface area contributed by atoms with Crippen LogP contribution in [-0.2, 0) is 23.9 Å². The molecule has 0 saturated carbocycles. The summed E-state index contributed by atoms with van der Waals surface area (Å²) < 4.78 is 10.9. The molecule has 0 rings (SSSR count). The van der Waals surface area contributed by atoms with Crippen LogP contribution in [-0.4, -0.2) is 62.5 Å². The molecule has 0 aromatic rings. The Hall–Kier alpha value is -2.19. The number of carboxylic acid groups (broad SMARTS) is 1. The highest BCUT2D eigenvalue weighted by molar-refractivity contribution is 5.69. The summed E-state index contributed by atoms with van der Waals surface area (Å²) in [5, 5.41) is 18.3. The predicted octanol–water partition coefficient (Wildman–Crippen LogP) is 8.78. The summed E-state index contributed by atoms with van der Waals surface area (Å²) in [5.41, 5.74) is 0. The van der Waals surface area contributed by atoms with Crippen LogP contribution in [0.5, 0.6) is 0 Å². The van der Waals surface area contributed by atoms with Crippen molar-refractivity contribution in [3.05, 3.63) is 24.3 Å². The Bertz CT molecular complexity index is 767. The van der Waals surface area contributed by atoms with Crippen molar-refractivity contribution in [1.29, 1.82) is 0 Å². The molecule has 0 heterocycles. The second-order valence-electron chi connectivity index (χ2n) is 14.3. The summed E-state index contributed by atoms with van der Waals surface area (Å²) in [6.45, 7) is 8.01. The Morgan fingerprint density at radius 3 is 1.10 bits per heavy atom. The molecule has 0 unspecified atom stereocenters. The minimum Gasteiger partial charge on any atom is -0.550 e. The number of allylic oxidation sites excluding steroid dienone is 4. The SMILES string of the molecule is CC(=O)[O-].CCCCCCCCC=CCCCCCCCC(=O)OCC[NH+](CCO)CCOC(=O)CCCCCCCC=CCCCCCCCC. The fourth-order valence-electron chi connectivity index (χ4n) is 5.98. The third kappa shape index (κ3) is 47.8. The average molecular weight is 738 g/mol. The molecule has 0 aromatic heterocycles. The zero-order chi connectivity index (χ0) is 38.6. The zero-order valence-corrected chi connectivity index (χ0v) is 34.2. The van der Waals surface area contributed by atoms with Crippen molar-refractivity contribution in [1.82, 2.24) is 0 Å². The number of aliphatic hydroxyl groups excluding tert-OH is 1. The molecular weight excluding hydrogens is 654 g/mol. The van der Waals surface area contributed by atoms with E-state index in [2.05, 4.69) is 38.2 Å². The molecule has 0 spiro atoms. The van der Waals surface area contributed by atoms with E-state index in [1.807, 2.05) is 0 Å². The minimum absolute atomic E-state index is 0.0566. The number of hydrogen-bond donors (Lipinski definition) is 2. The van der Waals surface area contributed by atoms with E-state index in [1.165, 1.54) is 141 Å². The first kappa shape index (κ1) is 51.9. The quantitative estimate of drug-likeness (QED) is 0.0370. The smallest absolute Gasteiger partial charge is 0.305 e. The maximum atomic E-state index is 12.1. The highest BCUT2D eigenvalue weighted by atomic mass is 16.5. The molecule has 0 bridgehead atoms. The van der Waals surface area contributed by atoms with E-state index in [0.717, 1.165) is 37.5 Å². The number of ether oxygens (including phenoxy) is 2. The lowest BCUT2D eigenvalue weighted by Gasteiger charge is -2.18. The van der Waals surface area contributed by atoms with Gasteiger partial charge in [-0.15, -0.1) is 0 Å². The topological polar surface area (TPSA) is 117 Å². The zero-order valence-electron chi connectivity index (χ0n) is 34.2. The van der Waals surface area contributed by atoms with Gasteiger partial charge in [0.05, 0.1) is 6.61 Å². The number of esters is 2. The third-order valence-electron chi connectivity index (χ3n) is 9.19. The number of aliphatic hydroxyl groups is 1. The van der Waals surface area contributed by atoms with E-state index in [9.17, 15) is 14.7 Å². The maximum Gasteiger partial charge on any atom is 0.305 e. The predicted molar refractivity (Wildman–Crippen MR) is 214 cm³/mol. The minimum atomic E-state index is -1.08. The molecule has 0 aliphatic carbocycles. The molecule has 0 amide bonds. The Morgan fingerprint density at radius 2 is 0.788 bits per heavy atom. The van der Waals surface area contributed by atoms with Crippen LogP contribution in [0, 0.1) is 0 Å². The van der Waals surface area contributed by atoms with E-state index in [0.29, 0.717) is 45.7 Å². The molecule has 8 nitrogen and oxygen atoms in total. The van der Waals surface area contributed by atoms with Crippen molar-refractivity contribution in [2.45, 2.75) is 201 Å². The van der Waals surface area contributed by atoms with Crippen molar-refractivity contribution in [3.63, 3.8) is 0 Å². The number of aliphatic carboxylic acids is 1. The summed E-state index contributed by atoms with van der Waals surface area (Å²) in [4.78, 5) is 34.3. The standard InChI is InChI=1S/C42H79NO5.C2H4O2/c1-3-5-7-9-11-13-15-17-19-21-23-25-27-29-31-33-41(45)47-39-36-43(35-38-44)37-40-48-42(46)34-32-30-28-26-24-22-20-18-16-14-12-10-8-6-4-2;1-2(3)4/h17-20,44H,3-16,21-40H2,1-2H3;1H3,(H,3,4). The second kappa shape index (κ2) is 45.0. The summed E-state index contributed by atoms with van der Waals surface area (Å²) in [5.74, 6) is -1.36. The molecule has 0 atom stereocenters. The van der Waals surface area contributed by atoms with Crippen LogP contribution >= 0.6 is 0 Å². The van der Waals surface area contributed by atoms with Crippen molar-refractivity contribution >= 4 is 17.9 Å². The molecule has 0 radical (unpaired) electrons. The van der Waals surface area contributed by atoms with Crippen molar-refractivity contribution in [3.8, 4) is 0 Å². The Kier molecular flexibility index (Phi) is 44.9. The molecule has 0 aliphatic heterocycles. The first-order chi connectivity index (χ1) is 25.4. The molecule has 0 fully saturated rings. The molecule has 52 heavy (non-hydrogen) atoms.